The van der Waals surface area contributed by atoms with E-state index < -0.39 is 0 Å². The van der Waals surface area contributed by atoms with Gasteiger partial charge in [-0.3, -0.25) is 19.2 Å². The van der Waals surface area contributed by atoms with Crippen LogP contribution in [0, 0.1) is 0 Å². The highest BCUT2D eigenvalue weighted by Gasteiger charge is 2.09. The quantitative estimate of drug-likeness (QED) is 0.0725. The zero-order valence-electron chi connectivity index (χ0n) is 27.7. The predicted octanol–water partition coefficient (Wildman–Crippen LogP) is 8.05. The van der Waals surface area contributed by atoms with Crippen molar-refractivity contribution in [3.05, 3.63) is 120 Å². The van der Waals surface area contributed by atoms with Crippen molar-refractivity contribution in [3.63, 3.8) is 0 Å². The third kappa shape index (κ3) is 14.9. The standard InChI is InChI=1S/C40H44N2O7/c43-37(17-7-19-39(45)47-29-9-15-31-11-3-1-4-12-31)41-33-21-25-35(26-22-33)49-36-27-23-34(24-28-36)42-38(44)18-8-20-40(46)48-30-10-16-32-13-5-2-6-14-32/h1-6,11-14,21-28H,7-10,15-20,29-30H2,(H,41,43)(H,42,44). The summed E-state index contributed by atoms with van der Waals surface area (Å²) in [6, 6.07) is 34.0. The molecule has 0 aliphatic carbocycles. The molecule has 0 unspecified atom stereocenters. The number of aryl methyl sites for hydroxylation is 2. The molecular formula is C40H44N2O7. The van der Waals surface area contributed by atoms with Gasteiger partial charge in [0.05, 0.1) is 13.2 Å². The summed E-state index contributed by atoms with van der Waals surface area (Å²) in [7, 11) is 0. The molecule has 0 heterocycles. The topological polar surface area (TPSA) is 120 Å². The van der Waals surface area contributed by atoms with Crippen LogP contribution >= 0.6 is 0 Å². The summed E-state index contributed by atoms with van der Waals surface area (Å²) in [5.74, 6) is 0.208. The van der Waals surface area contributed by atoms with Gasteiger partial charge in [0, 0.05) is 37.1 Å². The van der Waals surface area contributed by atoms with Gasteiger partial charge in [0.2, 0.25) is 11.8 Å². The molecule has 0 saturated carbocycles. The Morgan fingerprint density at radius 3 is 1.22 bits per heavy atom. The van der Waals surface area contributed by atoms with Crippen LogP contribution < -0.4 is 15.4 Å². The zero-order valence-corrected chi connectivity index (χ0v) is 27.7. The van der Waals surface area contributed by atoms with Crippen molar-refractivity contribution >= 4 is 35.1 Å². The van der Waals surface area contributed by atoms with Crippen molar-refractivity contribution in [3.8, 4) is 11.5 Å². The molecule has 0 aliphatic heterocycles. The molecule has 0 saturated heterocycles. The molecule has 2 N–H and O–H groups in total. The number of nitrogens with one attached hydrogen (secondary N) is 2. The molecule has 2 amide bonds. The van der Waals surface area contributed by atoms with E-state index in [9.17, 15) is 19.2 Å². The zero-order chi connectivity index (χ0) is 34.5. The number of carbonyl (C=O) groups excluding carboxylic acids is 4. The smallest absolute Gasteiger partial charge is 0.305 e. The Bertz CT molecular complexity index is 1470. The highest BCUT2D eigenvalue weighted by Crippen LogP contribution is 2.25. The van der Waals surface area contributed by atoms with Crippen molar-refractivity contribution < 1.29 is 33.4 Å². The summed E-state index contributed by atoms with van der Waals surface area (Å²) in [6.07, 6.45) is 4.86. The average molecular weight is 665 g/mol. The van der Waals surface area contributed by atoms with Crippen molar-refractivity contribution in [2.45, 2.75) is 64.2 Å². The lowest BCUT2D eigenvalue weighted by Crippen LogP contribution is -2.13. The third-order valence-corrected chi connectivity index (χ3v) is 7.51. The number of ether oxygens (including phenoxy) is 3. The second kappa shape index (κ2) is 20.7. The van der Waals surface area contributed by atoms with E-state index in [1.54, 1.807) is 48.5 Å². The number of hydrogen-bond acceptors (Lipinski definition) is 7. The largest absolute Gasteiger partial charge is 0.466 e. The Labute approximate surface area is 288 Å². The molecule has 49 heavy (non-hydrogen) atoms. The molecule has 4 aromatic carbocycles. The Morgan fingerprint density at radius 1 is 0.449 bits per heavy atom. The fraction of sp³-hybridized carbons (Fsp3) is 0.300. The first-order valence-corrected chi connectivity index (χ1v) is 16.8. The average Bonchev–Trinajstić information content (AvgIpc) is 3.11. The maximum atomic E-state index is 12.3. The minimum absolute atomic E-state index is 0.183. The SMILES string of the molecule is O=C(CCCC(=O)OCCCc1ccccc1)Nc1ccc(Oc2ccc(NC(=O)CCCC(=O)OCCCc3ccccc3)cc2)cc1. The highest BCUT2D eigenvalue weighted by atomic mass is 16.5. The molecule has 4 aromatic rings. The number of anilines is 2. The summed E-state index contributed by atoms with van der Waals surface area (Å²) in [6.45, 7) is 0.735. The van der Waals surface area contributed by atoms with Gasteiger partial charge in [-0.05, 0) is 98.2 Å². The van der Waals surface area contributed by atoms with Gasteiger partial charge < -0.3 is 24.8 Å². The number of esters is 2. The molecule has 0 atom stereocenters. The van der Waals surface area contributed by atoms with Gasteiger partial charge in [-0.25, -0.2) is 0 Å². The molecule has 0 aromatic heterocycles. The Hall–Kier alpha value is -5.44. The minimum Gasteiger partial charge on any atom is -0.466 e. The van der Waals surface area contributed by atoms with Gasteiger partial charge in [-0.1, -0.05) is 60.7 Å². The highest BCUT2D eigenvalue weighted by molar-refractivity contribution is 5.91. The number of carbonyl (C=O) groups is 4. The lowest BCUT2D eigenvalue weighted by atomic mass is 10.1. The maximum Gasteiger partial charge on any atom is 0.305 e. The van der Waals surface area contributed by atoms with Crippen molar-refractivity contribution in [1.29, 1.82) is 0 Å². The van der Waals surface area contributed by atoms with Crippen LogP contribution in [0.15, 0.2) is 109 Å². The van der Waals surface area contributed by atoms with Crippen LogP contribution in [0.4, 0.5) is 11.4 Å². The van der Waals surface area contributed by atoms with Gasteiger partial charge in [0.25, 0.3) is 0 Å². The first kappa shape index (κ1) is 36.4. The summed E-state index contributed by atoms with van der Waals surface area (Å²) in [5.41, 5.74) is 3.66. The maximum absolute atomic E-state index is 12.3. The van der Waals surface area contributed by atoms with Crippen LogP contribution in [0.25, 0.3) is 0 Å². The first-order valence-electron chi connectivity index (χ1n) is 16.8. The molecule has 0 bridgehead atoms. The van der Waals surface area contributed by atoms with Gasteiger partial charge >= 0.3 is 11.9 Å². The van der Waals surface area contributed by atoms with Gasteiger partial charge in [-0.15, -0.1) is 0 Å². The Morgan fingerprint density at radius 2 is 0.837 bits per heavy atom. The van der Waals surface area contributed by atoms with Gasteiger partial charge in [-0.2, -0.15) is 0 Å². The number of hydrogen-bond donors (Lipinski definition) is 2. The molecule has 4 rings (SSSR count). The fourth-order valence-electron chi connectivity index (χ4n) is 4.94. The second-order valence-corrected chi connectivity index (χ2v) is 11.6. The van der Waals surface area contributed by atoms with Crippen molar-refractivity contribution in [2.24, 2.45) is 0 Å². The fourth-order valence-corrected chi connectivity index (χ4v) is 4.94. The van der Waals surface area contributed by atoms with E-state index in [-0.39, 0.29) is 49.4 Å². The Balaban J connectivity index is 1.04. The second-order valence-electron chi connectivity index (χ2n) is 11.6. The van der Waals surface area contributed by atoms with E-state index in [0.29, 0.717) is 48.9 Å². The van der Waals surface area contributed by atoms with E-state index in [4.69, 9.17) is 14.2 Å². The molecule has 0 fully saturated rings. The van der Waals surface area contributed by atoms with Crippen molar-refractivity contribution in [1.82, 2.24) is 0 Å². The van der Waals surface area contributed by atoms with E-state index in [1.807, 2.05) is 60.7 Å². The van der Waals surface area contributed by atoms with Crippen LogP contribution in [-0.2, 0) is 41.5 Å². The molecule has 0 aliphatic rings. The first-order chi connectivity index (χ1) is 23.9. The van der Waals surface area contributed by atoms with Crippen LogP contribution in [0.3, 0.4) is 0 Å². The summed E-state index contributed by atoms with van der Waals surface area (Å²) in [5, 5.41) is 5.66. The molecule has 0 radical (unpaired) electrons. The van der Waals surface area contributed by atoms with E-state index in [2.05, 4.69) is 10.6 Å². The lowest BCUT2D eigenvalue weighted by Gasteiger charge is -2.10. The number of rotatable bonds is 20. The lowest BCUT2D eigenvalue weighted by molar-refractivity contribution is -0.144. The monoisotopic (exact) mass is 664 g/mol. The van der Waals surface area contributed by atoms with Gasteiger partial charge in [0.15, 0.2) is 0 Å². The van der Waals surface area contributed by atoms with Gasteiger partial charge in [0.1, 0.15) is 11.5 Å². The van der Waals surface area contributed by atoms with Crippen LogP contribution in [0.1, 0.15) is 62.5 Å². The molecule has 9 nitrogen and oxygen atoms in total. The normalized spacial score (nSPS) is 10.5. The third-order valence-electron chi connectivity index (χ3n) is 7.51. The molecule has 256 valence electrons. The number of benzene rings is 4. The molecular weight excluding hydrogens is 620 g/mol. The molecule has 0 spiro atoms. The van der Waals surface area contributed by atoms with E-state index in [1.165, 1.54) is 11.1 Å². The predicted molar refractivity (Wildman–Crippen MR) is 189 cm³/mol. The van der Waals surface area contributed by atoms with Crippen LogP contribution in [0.5, 0.6) is 11.5 Å². The van der Waals surface area contributed by atoms with Crippen LogP contribution in [-0.4, -0.2) is 37.0 Å². The van der Waals surface area contributed by atoms with E-state index >= 15 is 0 Å². The Kier molecular flexibility index (Phi) is 15.4. The minimum atomic E-state index is -0.294. The van der Waals surface area contributed by atoms with E-state index in [0.717, 1.165) is 25.7 Å². The van der Waals surface area contributed by atoms with Crippen LogP contribution in [0.2, 0.25) is 0 Å². The summed E-state index contributed by atoms with van der Waals surface area (Å²) < 4.78 is 16.4. The molecule has 9 heteroatoms. The summed E-state index contributed by atoms with van der Waals surface area (Å²) in [4.78, 5) is 48.6. The summed E-state index contributed by atoms with van der Waals surface area (Å²) >= 11 is 0. The van der Waals surface area contributed by atoms with Crippen molar-refractivity contribution in [2.75, 3.05) is 23.8 Å². The number of amides is 2.